The topological polar surface area (TPSA) is 57.6 Å². The van der Waals surface area contributed by atoms with Crippen molar-refractivity contribution in [2.75, 3.05) is 6.54 Å². The van der Waals surface area contributed by atoms with Crippen molar-refractivity contribution in [2.24, 2.45) is 0 Å². The largest absolute Gasteiger partial charge is 0.507 e. The molecular formula is C34H46BrNO3. The quantitative estimate of drug-likeness (QED) is 0.0856. The molecule has 5 heteroatoms. The molecule has 1 heterocycles. The van der Waals surface area contributed by atoms with E-state index >= 15 is 0 Å². The molecule has 0 radical (unpaired) electrons. The first kappa shape index (κ1) is 31.1. The molecular weight excluding hydrogens is 550 g/mol. The second kappa shape index (κ2) is 16.6. The van der Waals surface area contributed by atoms with Crippen molar-refractivity contribution in [3.05, 3.63) is 75.3 Å². The number of rotatable bonds is 17. The lowest BCUT2D eigenvalue weighted by molar-refractivity contribution is -0.139. The maximum absolute atomic E-state index is 13.2. The average molecular weight is 597 g/mol. The van der Waals surface area contributed by atoms with Gasteiger partial charge in [-0.1, -0.05) is 148 Å². The van der Waals surface area contributed by atoms with Crippen LogP contribution < -0.4 is 0 Å². The van der Waals surface area contributed by atoms with Crippen molar-refractivity contribution in [2.45, 2.75) is 110 Å². The standard InChI is InChI=1S/C34H46BrNO3/c1-3-4-5-6-7-8-9-10-11-12-13-14-15-16-25-36-31(27-19-17-26(2)18-20-27)30(33(38)34(36)39)32(37)28-21-23-29(35)24-22-28/h17-24,31,37H,3-16,25H2,1-2H3. The molecule has 1 aliphatic rings. The number of benzene rings is 2. The SMILES string of the molecule is CCCCCCCCCCCCCCCCN1C(=O)C(=O)C(=C(O)c2ccc(Br)cc2)C1c1ccc(C)cc1. The number of aryl methyl sites for hydroxylation is 1. The smallest absolute Gasteiger partial charge is 0.295 e. The van der Waals surface area contributed by atoms with Crippen LogP contribution in [0.3, 0.4) is 0 Å². The number of hydrogen-bond acceptors (Lipinski definition) is 3. The molecule has 0 saturated carbocycles. The molecule has 2 aromatic carbocycles. The summed E-state index contributed by atoms with van der Waals surface area (Å²) in [5.74, 6) is -1.24. The summed E-state index contributed by atoms with van der Waals surface area (Å²) < 4.78 is 0.882. The minimum Gasteiger partial charge on any atom is -0.507 e. The fraction of sp³-hybridized carbons (Fsp3) is 0.529. The number of likely N-dealkylation sites (tertiary alicyclic amines) is 1. The normalized spacial score (nSPS) is 16.8. The van der Waals surface area contributed by atoms with Gasteiger partial charge in [0.2, 0.25) is 0 Å². The first-order valence-corrected chi connectivity index (χ1v) is 15.8. The molecule has 1 unspecified atom stereocenters. The highest BCUT2D eigenvalue weighted by Crippen LogP contribution is 2.39. The van der Waals surface area contributed by atoms with E-state index in [2.05, 4.69) is 22.9 Å². The number of ketones is 1. The lowest BCUT2D eigenvalue weighted by atomic mass is 9.94. The lowest BCUT2D eigenvalue weighted by Crippen LogP contribution is -2.30. The molecule has 3 rings (SSSR count). The molecule has 1 aliphatic heterocycles. The zero-order valence-electron chi connectivity index (χ0n) is 23.9. The van der Waals surface area contributed by atoms with Gasteiger partial charge in [0, 0.05) is 16.6 Å². The highest BCUT2D eigenvalue weighted by Gasteiger charge is 2.45. The fourth-order valence-corrected chi connectivity index (χ4v) is 5.71. The van der Waals surface area contributed by atoms with Crippen LogP contribution in [0.5, 0.6) is 0 Å². The van der Waals surface area contributed by atoms with E-state index in [1.165, 1.54) is 70.6 Å². The molecule has 39 heavy (non-hydrogen) atoms. The van der Waals surface area contributed by atoms with Gasteiger partial charge >= 0.3 is 0 Å². The zero-order chi connectivity index (χ0) is 28.0. The maximum atomic E-state index is 13.2. The molecule has 0 spiro atoms. The number of aliphatic hydroxyl groups is 1. The minimum absolute atomic E-state index is 0.116. The number of aliphatic hydroxyl groups excluding tert-OH is 1. The van der Waals surface area contributed by atoms with Gasteiger partial charge in [0.15, 0.2) is 0 Å². The molecule has 1 saturated heterocycles. The predicted molar refractivity (Wildman–Crippen MR) is 165 cm³/mol. The number of hydrogen-bond donors (Lipinski definition) is 1. The molecule has 1 fully saturated rings. The van der Waals surface area contributed by atoms with Crippen LogP contribution in [0.25, 0.3) is 5.76 Å². The van der Waals surface area contributed by atoms with E-state index in [0.717, 1.165) is 34.9 Å². The number of carbonyl (C=O) groups is 2. The Morgan fingerprint density at radius 2 is 1.23 bits per heavy atom. The number of amides is 1. The maximum Gasteiger partial charge on any atom is 0.295 e. The number of halogens is 1. The van der Waals surface area contributed by atoms with Crippen molar-refractivity contribution in [1.29, 1.82) is 0 Å². The van der Waals surface area contributed by atoms with Gasteiger partial charge in [-0.3, -0.25) is 9.59 Å². The van der Waals surface area contributed by atoms with E-state index in [0.29, 0.717) is 12.1 Å². The van der Waals surface area contributed by atoms with Gasteiger partial charge in [0.1, 0.15) is 5.76 Å². The van der Waals surface area contributed by atoms with Gasteiger partial charge in [0.25, 0.3) is 11.7 Å². The van der Waals surface area contributed by atoms with Crippen LogP contribution in [0.1, 0.15) is 120 Å². The minimum atomic E-state index is -0.605. The Kier molecular flexibility index (Phi) is 13.3. The molecule has 0 bridgehead atoms. The molecule has 0 aromatic heterocycles. The number of unbranched alkanes of at least 4 members (excludes halogenated alkanes) is 13. The van der Waals surface area contributed by atoms with Crippen LogP contribution >= 0.6 is 15.9 Å². The van der Waals surface area contributed by atoms with Crippen molar-refractivity contribution in [3.63, 3.8) is 0 Å². The summed E-state index contributed by atoms with van der Waals surface area (Å²) >= 11 is 3.41. The summed E-state index contributed by atoms with van der Waals surface area (Å²) in [6.07, 6.45) is 17.8. The van der Waals surface area contributed by atoms with Crippen LogP contribution in [0.15, 0.2) is 58.6 Å². The van der Waals surface area contributed by atoms with Crippen molar-refractivity contribution < 1.29 is 14.7 Å². The summed E-state index contributed by atoms with van der Waals surface area (Å²) in [5.41, 5.74) is 2.67. The highest BCUT2D eigenvalue weighted by molar-refractivity contribution is 9.10. The van der Waals surface area contributed by atoms with E-state index < -0.39 is 17.7 Å². The van der Waals surface area contributed by atoms with Crippen LogP contribution in [0.2, 0.25) is 0 Å². The third-order valence-corrected chi connectivity index (χ3v) is 8.33. The summed E-state index contributed by atoms with van der Waals surface area (Å²) in [7, 11) is 0. The number of nitrogens with zero attached hydrogens (tertiary/aromatic N) is 1. The van der Waals surface area contributed by atoms with E-state index in [1.54, 1.807) is 17.0 Å². The number of carbonyl (C=O) groups excluding carboxylic acids is 2. The van der Waals surface area contributed by atoms with Gasteiger partial charge in [-0.05, 0) is 31.0 Å². The Bertz CT molecular complexity index is 1070. The summed E-state index contributed by atoms with van der Waals surface area (Å²) in [4.78, 5) is 28.0. The molecule has 1 amide bonds. The van der Waals surface area contributed by atoms with E-state index in [9.17, 15) is 14.7 Å². The van der Waals surface area contributed by atoms with Gasteiger partial charge in [-0.15, -0.1) is 0 Å². The first-order chi connectivity index (χ1) is 18.9. The Morgan fingerprint density at radius 1 is 0.744 bits per heavy atom. The van der Waals surface area contributed by atoms with Crippen LogP contribution in [0.4, 0.5) is 0 Å². The van der Waals surface area contributed by atoms with Crippen LogP contribution in [-0.4, -0.2) is 28.2 Å². The third kappa shape index (κ3) is 9.34. The highest BCUT2D eigenvalue weighted by atomic mass is 79.9. The zero-order valence-corrected chi connectivity index (χ0v) is 25.5. The van der Waals surface area contributed by atoms with Gasteiger partial charge in [-0.25, -0.2) is 0 Å². The van der Waals surface area contributed by atoms with Gasteiger partial charge in [-0.2, -0.15) is 0 Å². The molecule has 2 aromatic rings. The second-order valence-electron chi connectivity index (χ2n) is 11.0. The Morgan fingerprint density at radius 3 is 1.74 bits per heavy atom. The predicted octanol–water partition coefficient (Wildman–Crippen LogP) is 9.66. The van der Waals surface area contributed by atoms with E-state index in [-0.39, 0.29) is 11.3 Å². The van der Waals surface area contributed by atoms with Crippen LogP contribution in [0, 0.1) is 6.92 Å². The molecule has 4 nitrogen and oxygen atoms in total. The number of Topliss-reactive ketones (excluding diaryl/α,β-unsaturated/α-hetero) is 1. The van der Waals surface area contributed by atoms with Crippen LogP contribution in [-0.2, 0) is 9.59 Å². The van der Waals surface area contributed by atoms with Gasteiger partial charge < -0.3 is 10.0 Å². The van der Waals surface area contributed by atoms with Crippen molar-refractivity contribution in [3.8, 4) is 0 Å². The summed E-state index contributed by atoms with van der Waals surface area (Å²) in [6.45, 7) is 4.79. The molecule has 1 N–H and O–H groups in total. The molecule has 212 valence electrons. The van der Waals surface area contributed by atoms with Crippen molar-refractivity contribution >= 4 is 33.4 Å². The van der Waals surface area contributed by atoms with E-state index in [4.69, 9.17) is 0 Å². The summed E-state index contributed by atoms with van der Waals surface area (Å²) in [5, 5.41) is 11.2. The fourth-order valence-electron chi connectivity index (χ4n) is 5.45. The molecule has 0 aliphatic carbocycles. The Labute approximate surface area is 244 Å². The monoisotopic (exact) mass is 595 g/mol. The first-order valence-electron chi connectivity index (χ1n) is 15.0. The third-order valence-electron chi connectivity index (χ3n) is 7.80. The average Bonchev–Trinajstić information content (AvgIpc) is 3.18. The summed E-state index contributed by atoms with van der Waals surface area (Å²) in [6, 6.07) is 14.5. The second-order valence-corrected chi connectivity index (χ2v) is 11.9. The van der Waals surface area contributed by atoms with Gasteiger partial charge in [0.05, 0.1) is 11.6 Å². The van der Waals surface area contributed by atoms with E-state index in [1.807, 2.05) is 43.3 Å². The lowest BCUT2D eigenvalue weighted by Gasteiger charge is -2.25. The Balaban J connectivity index is 1.52. The molecule has 1 atom stereocenters. The van der Waals surface area contributed by atoms with Crippen molar-refractivity contribution in [1.82, 2.24) is 4.90 Å². The Hall–Kier alpha value is -2.40.